The highest BCUT2D eigenvalue weighted by Crippen LogP contribution is 2.43. The van der Waals surface area contributed by atoms with Crippen LogP contribution < -0.4 is 9.64 Å². The summed E-state index contributed by atoms with van der Waals surface area (Å²) in [6, 6.07) is 9.59. The second kappa shape index (κ2) is 7.85. The number of hydrogen-bond acceptors (Lipinski definition) is 6. The molecule has 6 nitrogen and oxygen atoms in total. The number of hydrogen-bond donors (Lipinski definition) is 0. The van der Waals surface area contributed by atoms with Crippen LogP contribution in [0, 0.1) is 5.95 Å². The van der Waals surface area contributed by atoms with Gasteiger partial charge in [-0.25, -0.2) is 8.42 Å². The van der Waals surface area contributed by atoms with E-state index >= 15 is 0 Å². The molecule has 1 unspecified atom stereocenters. The normalized spacial score (nSPS) is 20.8. The molecule has 1 fully saturated rings. The Bertz CT molecular complexity index is 966. The van der Waals surface area contributed by atoms with E-state index in [4.69, 9.17) is 21.1 Å². The fourth-order valence-electron chi connectivity index (χ4n) is 3.50. The van der Waals surface area contributed by atoms with Crippen LogP contribution in [0.3, 0.4) is 0 Å². The lowest BCUT2D eigenvalue weighted by Gasteiger charge is -2.32. The molecule has 0 spiro atoms. The molecular weight excluding hydrogens is 407 g/mol. The number of benzene rings is 1. The molecule has 2 aliphatic rings. The highest BCUT2D eigenvalue weighted by molar-refractivity contribution is 7.91. The number of nitrogens with zero attached hydrogens (tertiary/aromatic N) is 2. The minimum atomic E-state index is -3.75. The van der Waals surface area contributed by atoms with Gasteiger partial charge in [-0.2, -0.15) is 9.37 Å². The van der Waals surface area contributed by atoms with Gasteiger partial charge in [-0.15, -0.1) is 0 Å². The van der Waals surface area contributed by atoms with E-state index in [1.807, 2.05) is 35.2 Å². The molecule has 0 aliphatic carbocycles. The van der Waals surface area contributed by atoms with Crippen molar-refractivity contribution in [1.29, 1.82) is 0 Å². The molecule has 0 bridgehead atoms. The van der Waals surface area contributed by atoms with Gasteiger partial charge in [0.05, 0.1) is 11.9 Å². The Morgan fingerprint density at radius 1 is 1.32 bits per heavy atom. The molecule has 2 aliphatic heterocycles. The van der Waals surface area contributed by atoms with E-state index in [-0.39, 0.29) is 41.5 Å². The predicted molar refractivity (Wildman–Crippen MR) is 103 cm³/mol. The van der Waals surface area contributed by atoms with Crippen molar-refractivity contribution in [3.63, 3.8) is 0 Å². The molecule has 1 atom stereocenters. The maximum absolute atomic E-state index is 14.3. The molecule has 0 saturated carbocycles. The zero-order valence-corrected chi connectivity index (χ0v) is 16.7. The van der Waals surface area contributed by atoms with Gasteiger partial charge in [0.1, 0.15) is 22.2 Å². The van der Waals surface area contributed by atoms with Crippen LogP contribution in [-0.4, -0.2) is 45.0 Å². The van der Waals surface area contributed by atoms with Gasteiger partial charge in [0.25, 0.3) is 0 Å². The molecule has 3 heterocycles. The van der Waals surface area contributed by atoms with Gasteiger partial charge in [-0.1, -0.05) is 41.9 Å². The monoisotopic (exact) mass is 426 g/mol. The Balaban J connectivity index is 1.75. The van der Waals surface area contributed by atoms with Crippen molar-refractivity contribution in [3.05, 3.63) is 46.9 Å². The maximum Gasteiger partial charge on any atom is 0.241 e. The van der Waals surface area contributed by atoms with E-state index in [0.29, 0.717) is 13.2 Å². The minimum Gasteiger partial charge on any atom is -0.473 e. The average Bonchev–Trinajstić information content (AvgIpc) is 3.19. The average molecular weight is 427 g/mol. The van der Waals surface area contributed by atoms with Crippen molar-refractivity contribution in [3.8, 4) is 5.88 Å². The number of pyridine rings is 1. The fourth-order valence-corrected chi connectivity index (χ4v) is 5.52. The van der Waals surface area contributed by atoms with Crippen LogP contribution in [0.25, 0.3) is 0 Å². The van der Waals surface area contributed by atoms with Gasteiger partial charge in [0.2, 0.25) is 11.8 Å². The number of sulfone groups is 1. The lowest BCUT2D eigenvalue weighted by atomic mass is 10.2. The lowest BCUT2D eigenvalue weighted by Crippen LogP contribution is -2.36. The summed E-state index contributed by atoms with van der Waals surface area (Å²) in [5, 5.41) is -0.489. The molecule has 2 aromatic rings. The van der Waals surface area contributed by atoms with Crippen molar-refractivity contribution in [1.82, 2.24) is 4.98 Å². The second-order valence-electron chi connectivity index (χ2n) is 6.87. The van der Waals surface area contributed by atoms with Crippen LogP contribution in [-0.2, 0) is 21.1 Å². The summed E-state index contributed by atoms with van der Waals surface area (Å²) in [5.74, 6) is -1.26. The third-order valence-corrected chi connectivity index (χ3v) is 7.10. The van der Waals surface area contributed by atoms with E-state index in [0.717, 1.165) is 18.4 Å². The van der Waals surface area contributed by atoms with E-state index in [1.165, 1.54) is 0 Å². The Hall–Kier alpha value is -1.90. The summed E-state index contributed by atoms with van der Waals surface area (Å²) >= 11 is 6.04. The molecule has 0 N–H and O–H groups in total. The first-order chi connectivity index (χ1) is 13.5. The Kier molecular flexibility index (Phi) is 5.44. The van der Waals surface area contributed by atoms with Crippen molar-refractivity contribution in [2.45, 2.75) is 30.4 Å². The predicted octanol–water partition coefficient (Wildman–Crippen LogP) is 3.23. The van der Waals surface area contributed by atoms with Crippen LogP contribution in [0.2, 0.25) is 5.02 Å². The van der Waals surface area contributed by atoms with E-state index < -0.39 is 20.8 Å². The van der Waals surface area contributed by atoms with E-state index in [2.05, 4.69) is 4.98 Å². The quantitative estimate of drug-likeness (QED) is 0.684. The smallest absolute Gasteiger partial charge is 0.241 e. The standard InChI is InChI=1S/C19H20ClFN2O4S/c20-15-17-16(19(22-18(15)21)27-12-14-7-4-9-26-14)23(8-10-28(17,24)25)11-13-5-2-1-3-6-13/h1-3,5-6,14H,4,7-12H2. The third kappa shape index (κ3) is 3.81. The zero-order chi connectivity index (χ0) is 19.7. The third-order valence-electron chi connectivity index (χ3n) is 4.90. The van der Waals surface area contributed by atoms with Crippen LogP contribution in [0.4, 0.5) is 10.1 Å². The lowest BCUT2D eigenvalue weighted by molar-refractivity contribution is 0.0661. The van der Waals surface area contributed by atoms with Crippen LogP contribution in [0.15, 0.2) is 35.2 Å². The number of anilines is 1. The van der Waals surface area contributed by atoms with E-state index in [1.54, 1.807) is 0 Å². The molecule has 0 radical (unpaired) electrons. The van der Waals surface area contributed by atoms with Crippen molar-refractivity contribution >= 4 is 27.1 Å². The molecule has 150 valence electrons. The van der Waals surface area contributed by atoms with Gasteiger partial charge in [-0.05, 0) is 18.4 Å². The summed E-state index contributed by atoms with van der Waals surface area (Å²) in [6.07, 6.45) is 1.66. The number of fused-ring (bicyclic) bond motifs is 1. The van der Waals surface area contributed by atoms with Crippen LogP contribution in [0.5, 0.6) is 5.88 Å². The summed E-state index contributed by atoms with van der Waals surface area (Å²) < 4.78 is 50.9. The number of ether oxygens (including phenoxy) is 2. The van der Waals surface area contributed by atoms with Crippen molar-refractivity contribution in [2.24, 2.45) is 0 Å². The summed E-state index contributed by atoms with van der Waals surface area (Å²) in [6.45, 7) is 1.51. The first-order valence-electron chi connectivity index (χ1n) is 9.11. The van der Waals surface area contributed by atoms with Crippen LogP contribution >= 0.6 is 11.6 Å². The maximum atomic E-state index is 14.3. The Morgan fingerprint density at radius 3 is 2.82 bits per heavy atom. The summed E-state index contributed by atoms with van der Waals surface area (Å²) in [5.41, 5.74) is 1.21. The number of rotatable bonds is 5. The Morgan fingerprint density at radius 2 is 2.11 bits per heavy atom. The number of aromatic nitrogens is 1. The van der Waals surface area contributed by atoms with Gasteiger partial charge < -0.3 is 14.4 Å². The minimum absolute atomic E-state index is 0.0633. The molecule has 1 aromatic heterocycles. The molecule has 28 heavy (non-hydrogen) atoms. The first-order valence-corrected chi connectivity index (χ1v) is 11.1. The van der Waals surface area contributed by atoms with Gasteiger partial charge in [0, 0.05) is 19.7 Å². The second-order valence-corrected chi connectivity index (χ2v) is 9.30. The highest BCUT2D eigenvalue weighted by atomic mass is 35.5. The molecule has 9 heteroatoms. The molecule has 1 aromatic carbocycles. The topological polar surface area (TPSA) is 68.7 Å². The largest absolute Gasteiger partial charge is 0.473 e. The molecule has 1 saturated heterocycles. The number of halogens is 2. The molecular formula is C19H20ClFN2O4S. The first kappa shape index (κ1) is 19.4. The fraction of sp³-hybridized carbons (Fsp3) is 0.421. The van der Waals surface area contributed by atoms with Gasteiger partial charge >= 0.3 is 0 Å². The zero-order valence-electron chi connectivity index (χ0n) is 15.1. The molecule has 0 amide bonds. The van der Waals surface area contributed by atoms with Gasteiger partial charge in [0.15, 0.2) is 9.84 Å². The van der Waals surface area contributed by atoms with Crippen LogP contribution in [0.1, 0.15) is 18.4 Å². The van der Waals surface area contributed by atoms with Crippen molar-refractivity contribution < 1.29 is 22.3 Å². The molecule has 4 rings (SSSR count). The SMILES string of the molecule is O=S1(=O)CCN(Cc2ccccc2)c2c(OCC3CCCO3)nc(F)c(Cl)c21. The van der Waals surface area contributed by atoms with Gasteiger partial charge in [-0.3, -0.25) is 0 Å². The van der Waals surface area contributed by atoms with E-state index in [9.17, 15) is 12.8 Å². The highest BCUT2D eigenvalue weighted by Gasteiger charge is 2.37. The summed E-state index contributed by atoms with van der Waals surface area (Å²) in [4.78, 5) is 5.41. The Labute approximate surface area is 168 Å². The summed E-state index contributed by atoms with van der Waals surface area (Å²) in [7, 11) is -3.75. The van der Waals surface area contributed by atoms with Crippen molar-refractivity contribution in [2.75, 3.05) is 30.4 Å².